The highest BCUT2D eigenvalue weighted by Crippen LogP contribution is 2.45. The third-order valence-corrected chi connectivity index (χ3v) is 5.74. The zero-order chi connectivity index (χ0) is 19.7. The van der Waals surface area contributed by atoms with E-state index in [1.165, 1.54) is 17.3 Å². The second-order valence-corrected chi connectivity index (χ2v) is 7.79. The van der Waals surface area contributed by atoms with Crippen LogP contribution in [0.2, 0.25) is 5.02 Å². The summed E-state index contributed by atoms with van der Waals surface area (Å²) in [6.07, 6.45) is 7.52. The molecule has 0 unspecified atom stereocenters. The van der Waals surface area contributed by atoms with Gasteiger partial charge in [0.05, 0.1) is 16.8 Å². The number of anilines is 1. The average molecular weight is 402 g/mol. The summed E-state index contributed by atoms with van der Waals surface area (Å²) < 4.78 is 1.50. The van der Waals surface area contributed by atoms with E-state index >= 15 is 0 Å². The Kier molecular flexibility index (Phi) is 4.89. The lowest BCUT2D eigenvalue weighted by Gasteiger charge is -2.30. The Balaban J connectivity index is 1.50. The first kappa shape index (κ1) is 18.6. The molecule has 9 heteroatoms. The van der Waals surface area contributed by atoms with Gasteiger partial charge in [-0.1, -0.05) is 30.9 Å². The Labute approximate surface area is 166 Å². The molecule has 28 heavy (non-hydrogen) atoms. The molecule has 2 aliphatic rings. The number of hydrogen-bond acceptors (Lipinski definition) is 5. The number of likely N-dealkylation sites (tertiary alicyclic amines) is 1. The summed E-state index contributed by atoms with van der Waals surface area (Å²) in [5.74, 6) is -0.947. The molecule has 0 bridgehead atoms. The number of halogens is 1. The topological polar surface area (TPSA) is 97.2 Å². The Morgan fingerprint density at radius 1 is 1.21 bits per heavy atom. The molecule has 2 aromatic rings. The molecule has 1 aromatic carbocycles. The van der Waals surface area contributed by atoms with Gasteiger partial charge in [0.1, 0.15) is 19.2 Å². The lowest BCUT2D eigenvalue weighted by molar-refractivity contribution is -0.144. The number of carbonyl (C=O) groups excluding carboxylic acids is 3. The number of nitrogens with one attached hydrogen (secondary N) is 1. The fourth-order valence-electron chi connectivity index (χ4n) is 4.11. The number of benzene rings is 1. The van der Waals surface area contributed by atoms with Gasteiger partial charge in [-0.3, -0.25) is 19.3 Å². The molecule has 2 heterocycles. The number of carbonyl (C=O) groups is 3. The van der Waals surface area contributed by atoms with Gasteiger partial charge in [0, 0.05) is 11.4 Å². The van der Waals surface area contributed by atoms with Crippen LogP contribution in [0, 0.1) is 5.41 Å². The first-order chi connectivity index (χ1) is 13.5. The summed E-state index contributed by atoms with van der Waals surface area (Å²) in [7, 11) is 0. The fourth-order valence-corrected chi connectivity index (χ4v) is 4.29. The number of hydrogen-bond donors (Lipinski definition) is 1. The molecule has 1 saturated carbocycles. The van der Waals surface area contributed by atoms with Gasteiger partial charge in [-0.05, 0) is 31.0 Å². The summed E-state index contributed by atoms with van der Waals surface area (Å²) in [6.45, 7) is -0.303. The molecular formula is C19H20ClN5O3. The molecule has 8 nitrogen and oxygen atoms in total. The van der Waals surface area contributed by atoms with Crippen molar-refractivity contribution in [3.05, 3.63) is 35.9 Å². The van der Waals surface area contributed by atoms with E-state index < -0.39 is 11.3 Å². The summed E-state index contributed by atoms with van der Waals surface area (Å²) >= 11 is 6.06. The number of rotatable bonds is 4. The van der Waals surface area contributed by atoms with Crippen LogP contribution >= 0.6 is 11.6 Å². The van der Waals surface area contributed by atoms with E-state index in [0.717, 1.165) is 37.0 Å². The Bertz CT molecular complexity index is 922. The van der Waals surface area contributed by atoms with Crippen LogP contribution in [0.3, 0.4) is 0 Å². The van der Waals surface area contributed by atoms with E-state index in [4.69, 9.17) is 11.6 Å². The second kappa shape index (κ2) is 7.35. The maximum atomic E-state index is 12.9. The SMILES string of the molecule is O=C(CN1C(=O)CC2(CCCCC2)C1=O)Nc1cc(Cl)ccc1-n1cncn1. The third-order valence-electron chi connectivity index (χ3n) is 5.50. The maximum Gasteiger partial charge on any atom is 0.244 e. The van der Waals surface area contributed by atoms with Crippen molar-refractivity contribution >= 4 is 35.0 Å². The molecule has 0 radical (unpaired) electrons. The molecule has 1 N–H and O–H groups in total. The second-order valence-electron chi connectivity index (χ2n) is 7.35. The van der Waals surface area contributed by atoms with Crippen LogP contribution in [-0.4, -0.2) is 43.9 Å². The van der Waals surface area contributed by atoms with Crippen molar-refractivity contribution in [1.29, 1.82) is 0 Å². The quantitative estimate of drug-likeness (QED) is 0.794. The van der Waals surface area contributed by atoms with Gasteiger partial charge in [0.2, 0.25) is 17.7 Å². The molecule has 1 aliphatic carbocycles. The van der Waals surface area contributed by atoms with Crippen molar-refractivity contribution in [2.45, 2.75) is 38.5 Å². The van der Waals surface area contributed by atoms with Gasteiger partial charge in [-0.25, -0.2) is 9.67 Å². The van der Waals surface area contributed by atoms with Gasteiger partial charge in [0.25, 0.3) is 0 Å². The van der Waals surface area contributed by atoms with E-state index in [1.54, 1.807) is 18.2 Å². The van der Waals surface area contributed by atoms with Crippen molar-refractivity contribution in [2.24, 2.45) is 5.41 Å². The molecule has 1 aromatic heterocycles. The minimum atomic E-state index is -0.600. The van der Waals surface area contributed by atoms with Crippen LogP contribution in [-0.2, 0) is 14.4 Å². The summed E-state index contributed by atoms with van der Waals surface area (Å²) in [5.41, 5.74) is 0.407. The predicted molar refractivity (Wildman–Crippen MR) is 102 cm³/mol. The molecule has 146 valence electrons. The summed E-state index contributed by atoms with van der Waals surface area (Å²) in [4.78, 5) is 42.9. The van der Waals surface area contributed by atoms with Crippen molar-refractivity contribution in [3.63, 3.8) is 0 Å². The van der Waals surface area contributed by atoms with Crippen molar-refractivity contribution in [3.8, 4) is 5.69 Å². The van der Waals surface area contributed by atoms with Gasteiger partial charge in [0.15, 0.2) is 0 Å². The van der Waals surface area contributed by atoms with E-state index in [0.29, 0.717) is 16.4 Å². The molecule has 2 fully saturated rings. The van der Waals surface area contributed by atoms with Gasteiger partial charge >= 0.3 is 0 Å². The summed E-state index contributed by atoms with van der Waals surface area (Å²) in [5, 5.41) is 7.24. The number of aromatic nitrogens is 3. The van der Waals surface area contributed by atoms with E-state index in [2.05, 4.69) is 15.4 Å². The first-order valence-electron chi connectivity index (χ1n) is 9.28. The standard InChI is InChI=1S/C19H20ClN5O3/c20-13-4-5-15(25-12-21-11-22-25)14(8-13)23-16(26)10-24-17(27)9-19(18(24)28)6-2-1-3-7-19/h4-5,8,11-12H,1-3,6-7,9-10H2,(H,23,26). The van der Waals surface area contributed by atoms with E-state index in [-0.39, 0.29) is 24.8 Å². The number of nitrogens with zero attached hydrogens (tertiary/aromatic N) is 4. The van der Waals surface area contributed by atoms with Crippen LogP contribution in [0.4, 0.5) is 5.69 Å². The minimum Gasteiger partial charge on any atom is -0.323 e. The highest BCUT2D eigenvalue weighted by atomic mass is 35.5. The molecule has 3 amide bonds. The summed E-state index contributed by atoms with van der Waals surface area (Å²) in [6, 6.07) is 4.97. The monoisotopic (exact) mass is 401 g/mol. The van der Waals surface area contributed by atoms with E-state index in [1.807, 2.05) is 0 Å². The zero-order valence-electron chi connectivity index (χ0n) is 15.2. The van der Waals surface area contributed by atoms with Crippen molar-refractivity contribution in [2.75, 3.05) is 11.9 Å². The largest absolute Gasteiger partial charge is 0.323 e. The molecule has 4 rings (SSSR count). The van der Waals surface area contributed by atoms with Gasteiger partial charge in [-0.2, -0.15) is 5.10 Å². The Hall–Kier alpha value is -2.74. The molecular weight excluding hydrogens is 382 g/mol. The van der Waals surface area contributed by atoms with E-state index in [9.17, 15) is 14.4 Å². The van der Waals surface area contributed by atoms with Crippen LogP contribution in [0.1, 0.15) is 38.5 Å². The normalized spacial score (nSPS) is 18.7. The van der Waals surface area contributed by atoms with Gasteiger partial charge < -0.3 is 5.32 Å². The maximum absolute atomic E-state index is 12.9. The third kappa shape index (κ3) is 3.40. The van der Waals surface area contributed by atoms with Crippen LogP contribution in [0.25, 0.3) is 5.69 Å². The molecule has 1 spiro atoms. The average Bonchev–Trinajstić information content (AvgIpc) is 3.27. The number of amides is 3. The smallest absolute Gasteiger partial charge is 0.244 e. The zero-order valence-corrected chi connectivity index (χ0v) is 16.0. The Morgan fingerprint density at radius 3 is 2.71 bits per heavy atom. The lowest BCUT2D eigenvalue weighted by atomic mass is 9.73. The van der Waals surface area contributed by atoms with Crippen molar-refractivity contribution < 1.29 is 14.4 Å². The molecule has 1 saturated heterocycles. The first-order valence-corrected chi connectivity index (χ1v) is 9.65. The van der Waals surface area contributed by atoms with Crippen LogP contribution in [0.15, 0.2) is 30.9 Å². The van der Waals surface area contributed by atoms with Crippen molar-refractivity contribution in [1.82, 2.24) is 19.7 Å². The van der Waals surface area contributed by atoms with Crippen LogP contribution < -0.4 is 5.32 Å². The van der Waals surface area contributed by atoms with Crippen LogP contribution in [0.5, 0.6) is 0 Å². The highest BCUT2D eigenvalue weighted by Gasteiger charge is 2.51. The van der Waals surface area contributed by atoms with Gasteiger partial charge in [-0.15, -0.1) is 0 Å². The minimum absolute atomic E-state index is 0.209. The molecule has 0 atom stereocenters. The highest BCUT2D eigenvalue weighted by molar-refractivity contribution is 6.31. The fraction of sp³-hybridized carbons (Fsp3) is 0.421. The Morgan fingerprint density at radius 2 is 2.00 bits per heavy atom. The molecule has 1 aliphatic heterocycles. The predicted octanol–water partition coefficient (Wildman–Crippen LogP) is 2.57. The lowest BCUT2D eigenvalue weighted by Crippen LogP contribution is -2.41. The number of imide groups is 1.